The minimum absolute atomic E-state index is 0.0462. The van der Waals surface area contributed by atoms with Crippen molar-refractivity contribution in [1.82, 2.24) is 4.98 Å². The van der Waals surface area contributed by atoms with Crippen molar-refractivity contribution in [2.45, 2.75) is 12.5 Å². The molecule has 0 aliphatic carbocycles. The molecule has 0 atom stereocenters. The maximum Gasteiger partial charge on any atom is 0.387 e. The summed E-state index contributed by atoms with van der Waals surface area (Å²) in [5.74, 6) is 0.0572. The quantitative estimate of drug-likeness (QED) is 0.585. The van der Waals surface area contributed by atoms with Crippen molar-refractivity contribution < 1.29 is 13.5 Å². The molecule has 0 radical (unpaired) electrons. The first-order valence-electron chi connectivity index (χ1n) is 3.28. The van der Waals surface area contributed by atoms with Crippen molar-refractivity contribution in [3.63, 3.8) is 0 Å². The predicted molar refractivity (Wildman–Crippen MR) is 45.4 cm³/mol. The van der Waals surface area contributed by atoms with E-state index in [1.54, 1.807) is 0 Å². The van der Waals surface area contributed by atoms with Gasteiger partial charge in [-0.1, -0.05) is 11.6 Å². The number of hydrogen-bond donors (Lipinski definition) is 0. The SMILES string of the molecule is FC(F)Oc1cnc(Cl)c(CCl)c1. The van der Waals surface area contributed by atoms with Crippen LogP contribution < -0.4 is 4.74 Å². The fourth-order valence-corrected chi connectivity index (χ4v) is 1.18. The van der Waals surface area contributed by atoms with Gasteiger partial charge in [0.1, 0.15) is 10.9 Å². The maximum absolute atomic E-state index is 11.7. The predicted octanol–water partition coefficient (Wildman–Crippen LogP) is 3.08. The third-order valence-corrected chi connectivity index (χ3v) is 1.88. The molecule has 0 amide bonds. The first-order valence-corrected chi connectivity index (χ1v) is 4.20. The summed E-state index contributed by atoms with van der Waals surface area (Å²) in [7, 11) is 0. The van der Waals surface area contributed by atoms with Crippen molar-refractivity contribution in [3.05, 3.63) is 23.0 Å². The summed E-state index contributed by atoms with van der Waals surface area (Å²) in [6.07, 6.45) is 1.12. The largest absolute Gasteiger partial charge is 0.433 e. The molecule has 0 bridgehead atoms. The van der Waals surface area contributed by atoms with E-state index in [4.69, 9.17) is 23.2 Å². The molecular formula is C7H5Cl2F2NO. The molecule has 0 unspecified atom stereocenters. The normalized spacial score (nSPS) is 10.5. The highest BCUT2D eigenvalue weighted by atomic mass is 35.5. The summed E-state index contributed by atoms with van der Waals surface area (Å²) in [6.45, 7) is -2.87. The molecule has 13 heavy (non-hydrogen) atoms. The third-order valence-electron chi connectivity index (χ3n) is 1.26. The number of hydrogen-bond acceptors (Lipinski definition) is 2. The summed E-state index contributed by atoms with van der Waals surface area (Å²) in [4.78, 5) is 3.63. The first-order chi connectivity index (χ1) is 6.13. The first kappa shape index (κ1) is 10.5. The van der Waals surface area contributed by atoms with Gasteiger partial charge in [-0.25, -0.2) is 4.98 Å². The second-order valence-electron chi connectivity index (χ2n) is 2.13. The molecule has 72 valence electrons. The molecule has 0 saturated carbocycles. The van der Waals surface area contributed by atoms with Crippen LogP contribution in [0.1, 0.15) is 5.56 Å². The van der Waals surface area contributed by atoms with Crippen LogP contribution in [0.4, 0.5) is 8.78 Å². The Kier molecular flexibility index (Phi) is 3.69. The highest BCUT2D eigenvalue weighted by molar-refractivity contribution is 6.31. The van der Waals surface area contributed by atoms with E-state index in [0.717, 1.165) is 6.20 Å². The molecule has 0 fully saturated rings. The number of aromatic nitrogens is 1. The molecule has 1 aromatic rings. The van der Waals surface area contributed by atoms with E-state index in [1.807, 2.05) is 0 Å². The zero-order valence-corrected chi connectivity index (χ0v) is 7.82. The second kappa shape index (κ2) is 4.58. The Hall–Kier alpha value is -0.610. The van der Waals surface area contributed by atoms with Gasteiger partial charge in [0.2, 0.25) is 0 Å². The fourth-order valence-electron chi connectivity index (χ4n) is 0.733. The third kappa shape index (κ3) is 2.97. The number of rotatable bonds is 3. The van der Waals surface area contributed by atoms with Gasteiger partial charge in [0.25, 0.3) is 0 Å². The topological polar surface area (TPSA) is 22.1 Å². The van der Waals surface area contributed by atoms with Gasteiger partial charge in [0.15, 0.2) is 0 Å². The van der Waals surface area contributed by atoms with Gasteiger partial charge in [-0.15, -0.1) is 11.6 Å². The Bertz CT molecular complexity index is 296. The van der Waals surface area contributed by atoms with Crippen LogP contribution in [0, 0.1) is 0 Å². The second-order valence-corrected chi connectivity index (χ2v) is 2.76. The van der Waals surface area contributed by atoms with Crippen molar-refractivity contribution in [3.8, 4) is 5.75 Å². The number of nitrogens with zero attached hydrogens (tertiary/aromatic N) is 1. The Labute approximate surface area is 83.4 Å². The van der Waals surface area contributed by atoms with Crippen molar-refractivity contribution >= 4 is 23.2 Å². The molecule has 1 aromatic heterocycles. The number of alkyl halides is 3. The van der Waals surface area contributed by atoms with Gasteiger partial charge in [-0.05, 0) is 6.07 Å². The molecule has 0 N–H and O–H groups in total. The Balaban J connectivity index is 2.86. The lowest BCUT2D eigenvalue weighted by atomic mass is 10.3. The standard InChI is InChI=1S/C7H5Cl2F2NO/c8-2-4-1-5(13-7(10)11)3-12-6(4)9/h1,3,7H,2H2. The van der Waals surface area contributed by atoms with E-state index >= 15 is 0 Å². The summed E-state index contributed by atoms with van der Waals surface area (Å²) in [6, 6.07) is 1.33. The zero-order chi connectivity index (χ0) is 9.84. The Morgan fingerprint density at radius 1 is 1.54 bits per heavy atom. The molecule has 1 rings (SSSR count). The Morgan fingerprint density at radius 3 is 2.77 bits per heavy atom. The smallest absolute Gasteiger partial charge is 0.387 e. The van der Waals surface area contributed by atoms with Crippen LogP contribution in [0.15, 0.2) is 12.3 Å². The van der Waals surface area contributed by atoms with Crippen molar-refractivity contribution in [1.29, 1.82) is 0 Å². The lowest BCUT2D eigenvalue weighted by Gasteiger charge is -2.05. The van der Waals surface area contributed by atoms with Crippen LogP contribution in [-0.4, -0.2) is 11.6 Å². The van der Waals surface area contributed by atoms with Crippen LogP contribution in [-0.2, 0) is 5.88 Å². The number of pyridine rings is 1. The molecule has 0 saturated heterocycles. The minimum Gasteiger partial charge on any atom is -0.433 e. The maximum atomic E-state index is 11.7. The van der Waals surface area contributed by atoms with Crippen molar-refractivity contribution in [2.75, 3.05) is 0 Å². The number of ether oxygens (including phenoxy) is 1. The number of halogens is 4. The summed E-state index contributed by atoms with van der Waals surface area (Å²) >= 11 is 11.1. The molecule has 0 aliphatic heterocycles. The summed E-state index contributed by atoms with van der Waals surface area (Å²) in [5, 5.41) is 0.191. The molecule has 1 heterocycles. The molecule has 0 aromatic carbocycles. The Morgan fingerprint density at radius 2 is 2.23 bits per heavy atom. The van der Waals surface area contributed by atoms with Crippen LogP contribution in [0.2, 0.25) is 5.15 Å². The lowest BCUT2D eigenvalue weighted by Crippen LogP contribution is -2.02. The van der Waals surface area contributed by atoms with Crippen molar-refractivity contribution in [2.24, 2.45) is 0 Å². The molecule has 0 spiro atoms. The van der Waals surface area contributed by atoms with Gasteiger partial charge in [0.05, 0.1) is 12.1 Å². The molecule has 2 nitrogen and oxygen atoms in total. The van der Waals surface area contributed by atoms with E-state index in [2.05, 4.69) is 9.72 Å². The van der Waals surface area contributed by atoms with Crippen LogP contribution >= 0.6 is 23.2 Å². The zero-order valence-electron chi connectivity index (χ0n) is 6.31. The van der Waals surface area contributed by atoms with Gasteiger partial charge in [-0.2, -0.15) is 8.78 Å². The van der Waals surface area contributed by atoms with Gasteiger partial charge < -0.3 is 4.74 Å². The lowest BCUT2D eigenvalue weighted by molar-refractivity contribution is -0.0501. The minimum atomic E-state index is -2.87. The summed E-state index contributed by atoms with van der Waals surface area (Å²) < 4.78 is 27.6. The monoisotopic (exact) mass is 227 g/mol. The average molecular weight is 228 g/mol. The van der Waals surface area contributed by atoms with Gasteiger partial charge in [0, 0.05) is 5.56 Å². The summed E-state index contributed by atoms with van der Waals surface area (Å²) in [5.41, 5.74) is 0.460. The van der Waals surface area contributed by atoms with E-state index in [9.17, 15) is 8.78 Å². The molecule has 0 aliphatic rings. The van der Waals surface area contributed by atoms with E-state index in [1.165, 1.54) is 6.07 Å². The van der Waals surface area contributed by atoms with Crippen LogP contribution in [0.3, 0.4) is 0 Å². The molecular weight excluding hydrogens is 223 g/mol. The van der Waals surface area contributed by atoms with Crippen LogP contribution in [0.5, 0.6) is 5.75 Å². The highest BCUT2D eigenvalue weighted by Crippen LogP contribution is 2.21. The molecule has 6 heteroatoms. The fraction of sp³-hybridized carbons (Fsp3) is 0.286. The highest BCUT2D eigenvalue weighted by Gasteiger charge is 2.07. The van der Waals surface area contributed by atoms with Gasteiger partial charge >= 0.3 is 6.61 Å². The van der Waals surface area contributed by atoms with E-state index in [0.29, 0.717) is 5.56 Å². The van der Waals surface area contributed by atoms with Crippen LogP contribution in [0.25, 0.3) is 0 Å². The van der Waals surface area contributed by atoms with E-state index < -0.39 is 6.61 Å². The van der Waals surface area contributed by atoms with Gasteiger partial charge in [-0.3, -0.25) is 0 Å². The average Bonchev–Trinajstić information content (AvgIpc) is 2.07. The van der Waals surface area contributed by atoms with E-state index in [-0.39, 0.29) is 16.8 Å².